The SMILES string of the molecule is Cc1cc(CN2CCN(CC(=O)Nc3ccc(OC(F)F)c(Cl)c3)CC2)no1. The van der Waals surface area contributed by atoms with E-state index in [9.17, 15) is 13.6 Å². The molecular weight excluding hydrogens is 394 g/mol. The molecule has 2 heterocycles. The van der Waals surface area contributed by atoms with Gasteiger partial charge in [0.05, 0.1) is 17.3 Å². The van der Waals surface area contributed by atoms with Gasteiger partial charge in [0.15, 0.2) is 0 Å². The summed E-state index contributed by atoms with van der Waals surface area (Å²) in [4.78, 5) is 16.6. The Balaban J connectivity index is 1.43. The smallest absolute Gasteiger partial charge is 0.387 e. The molecule has 7 nitrogen and oxygen atoms in total. The topological polar surface area (TPSA) is 70.8 Å². The van der Waals surface area contributed by atoms with Gasteiger partial charge in [-0.15, -0.1) is 0 Å². The van der Waals surface area contributed by atoms with Crippen molar-refractivity contribution in [3.05, 3.63) is 40.7 Å². The molecule has 1 aromatic heterocycles. The number of aromatic nitrogens is 1. The fraction of sp³-hybridized carbons (Fsp3) is 0.444. The number of piperazine rings is 1. The van der Waals surface area contributed by atoms with E-state index in [1.54, 1.807) is 0 Å². The summed E-state index contributed by atoms with van der Waals surface area (Å²) < 4.78 is 33.9. The lowest BCUT2D eigenvalue weighted by Gasteiger charge is -2.33. The van der Waals surface area contributed by atoms with Gasteiger partial charge < -0.3 is 14.6 Å². The first-order valence-electron chi connectivity index (χ1n) is 8.80. The number of carbonyl (C=O) groups is 1. The van der Waals surface area contributed by atoms with Gasteiger partial charge in [-0.2, -0.15) is 8.78 Å². The second-order valence-electron chi connectivity index (χ2n) is 6.55. The number of halogens is 3. The number of carbonyl (C=O) groups excluding carboxylic acids is 1. The zero-order valence-electron chi connectivity index (χ0n) is 15.3. The van der Waals surface area contributed by atoms with Gasteiger partial charge in [-0.05, 0) is 25.1 Å². The summed E-state index contributed by atoms with van der Waals surface area (Å²) in [5, 5.41) is 6.73. The third-order valence-electron chi connectivity index (χ3n) is 4.33. The molecule has 0 radical (unpaired) electrons. The molecule has 0 bridgehead atoms. The molecule has 10 heteroatoms. The number of nitrogens with one attached hydrogen (secondary N) is 1. The molecule has 0 unspecified atom stereocenters. The number of hydrogen-bond donors (Lipinski definition) is 1. The van der Waals surface area contributed by atoms with E-state index in [-0.39, 0.29) is 23.2 Å². The van der Waals surface area contributed by atoms with Crippen LogP contribution in [0.15, 0.2) is 28.8 Å². The van der Waals surface area contributed by atoms with Crippen molar-refractivity contribution in [2.75, 3.05) is 38.0 Å². The molecule has 1 aliphatic rings. The Labute approximate surface area is 166 Å². The standard InChI is InChI=1S/C18H21ClF2N4O3/c1-12-8-14(23-28-12)10-24-4-6-25(7-5-24)11-17(26)22-13-2-3-16(15(19)9-13)27-18(20)21/h2-3,8-9,18H,4-7,10-11H2,1H3,(H,22,26). The van der Waals surface area contributed by atoms with Crippen LogP contribution in [0.5, 0.6) is 5.75 Å². The molecule has 0 atom stereocenters. The van der Waals surface area contributed by atoms with E-state index in [4.69, 9.17) is 16.1 Å². The van der Waals surface area contributed by atoms with Crippen molar-refractivity contribution in [3.8, 4) is 5.75 Å². The van der Waals surface area contributed by atoms with E-state index in [2.05, 4.69) is 25.0 Å². The molecule has 1 N–H and O–H groups in total. The average molecular weight is 415 g/mol. The summed E-state index contributed by atoms with van der Waals surface area (Å²) >= 11 is 5.90. The van der Waals surface area contributed by atoms with E-state index >= 15 is 0 Å². The van der Waals surface area contributed by atoms with E-state index in [1.165, 1.54) is 18.2 Å². The molecule has 1 amide bonds. The zero-order chi connectivity index (χ0) is 20.1. The van der Waals surface area contributed by atoms with E-state index in [0.29, 0.717) is 5.69 Å². The number of anilines is 1. The largest absolute Gasteiger partial charge is 0.433 e. The normalized spacial score (nSPS) is 15.8. The molecule has 1 fully saturated rings. The van der Waals surface area contributed by atoms with E-state index in [0.717, 1.165) is 44.2 Å². The second kappa shape index (κ2) is 9.31. The number of alkyl halides is 2. The van der Waals surface area contributed by atoms with Crippen LogP contribution in [0, 0.1) is 6.92 Å². The summed E-state index contributed by atoms with van der Waals surface area (Å²) in [7, 11) is 0. The summed E-state index contributed by atoms with van der Waals surface area (Å²) in [5.41, 5.74) is 1.33. The first kappa shape index (κ1) is 20.5. The van der Waals surface area contributed by atoms with Gasteiger partial charge in [0, 0.05) is 44.5 Å². The Morgan fingerprint density at radius 1 is 1.29 bits per heavy atom. The summed E-state index contributed by atoms with van der Waals surface area (Å²) in [6, 6.07) is 6.07. The predicted molar refractivity (Wildman–Crippen MR) is 99.7 cm³/mol. The van der Waals surface area contributed by atoms with Crippen molar-refractivity contribution < 1.29 is 22.8 Å². The molecule has 1 saturated heterocycles. The van der Waals surface area contributed by atoms with Crippen LogP contribution < -0.4 is 10.1 Å². The van der Waals surface area contributed by atoms with Crippen LogP contribution in [-0.4, -0.2) is 60.2 Å². The highest BCUT2D eigenvalue weighted by Gasteiger charge is 2.20. The van der Waals surface area contributed by atoms with Crippen LogP contribution in [-0.2, 0) is 11.3 Å². The van der Waals surface area contributed by atoms with Crippen LogP contribution in [0.4, 0.5) is 14.5 Å². The fourth-order valence-corrected chi connectivity index (χ4v) is 3.23. The van der Waals surface area contributed by atoms with Crippen molar-refractivity contribution in [1.82, 2.24) is 15.0 Å². The minimum Gasteiger partial charge on any atom is -0.433 e. The van der Waals surface area contributed by atoms with Gasteiger partial charge in [-0.3, -0.25) is 14.6 Å². The summed E-state index contributed by atoms with van der Waals surface area (Å²) in [5.74, 6) is 0.464. The third kappa shape index (κ3) is 5.88. The highest BCUT2D eigenvalue weighted by atomic mass is 35.5. The molecular formula is C18H21ClF2N4O3. The van der Waals surface area contributed by atoms with Gasteiger partial charge >= 0.3 is 6.61 Å². The van der Waals surface area contributed by atoms with Gasteiger partial charge in [0.25, 0.3) is 0 Å². The van der Waals surface area contributed by atoms with Gasteiger partial charge in [0.2, 0.25) is 5.91 Å². The van der Waals surface area contributed by atoms with E-state index in [1.807, 2.05) is 13.0 Å². The van der Waals surface area contributed by atoms with Crippen LogP contribution in [0.1, 0.15) is 11.5 Å². The minimum atomic E-state index is -2.95. The van der Waals surface area contributed by atoms with Crippen molar-refractivity contribution in [3.63, 3.8) is 0 Å². The summed E-state index contributed by atoms with van der Waals surface area (Å²) in [6.07, 6.45) is 0. The lowest BCUT2D eigenvalue weighted by Crippen LogP contribution is -2.48. The second-order valence-corrected chi connectivity index (χ2v) is 6.96. The summed E-state index contributed by atoms with van der Waals surface area (Å²) in [6.45, 7) is 3.03. The van der Waals surface area contributed by atoms with Crippen LogP contribution >= 0.6 is 11.6 Å². The van der Waals surface area contributed by atoms with Crippen molar-refractivity contribution >= 4 is 23.2 Å². The van der Waals surface area contributed by atoms with Crippen LogP contribution in [0.2, 0.25) is 5.02 Å². The predicted octanol–water partition coefficient (Wildman–Crippen LogP) is 2.99. The molecule has 3 rings (SSSR count). The highest BCUT2D eigenvalue weighted by molar-refractivity contribution is 6.32. The number of ether oxygens (including phenoxy) is 1. The maximum Gasteiger partial charge on any atom is 0.387 e. The highest BCUT2D eigenvalue weighted by Crippen LogP contribution is 2.28. The first-order valence-corrected chi connectivity index (χ1v) is 9.18. The lowest BCUT2D eigenvalue weighted by atomic mass is 10.2. The van der Waals surface area contributed by atoms with Crippen LogP contribution in [0.25, 0.3) is 0 Å². The molecule has 0 saturated carbocycles. The number of benzene rings is 1. The molecule has 2 aromatic rings. The molecule has 0 aliphatic carbocycles. The number of amides is 1. The third-order valence-corrected chi connectivity index (χ3v) is 4.62. The quantitative estimate of drug-likeness (QED) is 0.751. The molecule has 1 aliphatic heterocycles. The Morgan fingerprint density at radius 2 is 2.00 bits per heavy atom. The Bertz CT molecular complexity index is 810. The van der Waals surface area contributed by atoms with Gasteiger partial charge in [0.1, 0.15) is 11.5 Å². The molecule has 0 spiro atoms. The number of aryl methyl sites for hydroxylation is 1. The number of hydrogen-bond acceptors (Lipinski definition) is 6. The van der Waals surface area contributed by atoms with Gasteiger partial charge in [-0.25, -0.2) is 0 Å². The molecule has 28 heavy (non-hydrogen) atoms. The van der Waals surface area contributed by atoms with Gasteiger partial charge in [-0.1, -0.05) is 16.8 Å². The zero-order valence-corrected chi connectivity index (χ0v) is 16.1. The van der Waals surface area contributed by atoms with Crippen LogP contribution in [0.3, 0.4) is 0 Å². The van der Waals surface area contributed by atoms with Crippen molar-refractivity contribution in [2.24, 2.45) is 0 Å². The van der Waals surface area contributed by atoms with Crippen molar-refractivity contribution in [2.45, 2.75) is 20.1 Å². The van der Waals surface area contributed by atoms with Crippen molar-refractivity contribution in [1.29, 1.82) is 0 Å². The number of nitrogens with zero attached hydrogens (tertiary/aromatic N) is 3. The fourth-order valence-electron chi connectivity index (χ4n) is 3.00. The number of rotatable bonds is 7. The monoisotopic (exact) mass is 414 g/mol. The Kier molecular flexibility index (Phi) is 6.82. The lowest BCUT2D eigenvalue weighted by molar-refractivity contribution is -0.117. The first-order chi connectivity index (χ1) is 13.4. The Hall–Kier alpha value is -2.23. The minimum absolute atomic E-state index is 0.00908. The maximum absolute atomic E-state index is 12.3. The average Bonchev–Trinajstić information content (AvgIpc) is 3.03. The van der Waals surface area contributed by atoms with E-state index < -0.39 is 6.61 Å². The maximum atomic E-state index is 12.3. The Morgan fingerprint density at radius 3 is 2.61 bits per heavy atom. The molecule has 152 valence electrons. The molecule has 1 aromatic carbocycles.